The van der Waals surface area contributed by atoms with Crippen LogP contribution < -0.4 is 0 Å². The molecule has 1 aromatic rings. The summed E-state index contributed by atoms with van der Waals surface area (Å²) in [7, 11) is 1.62. The highest BCUT2D eigenvalue weighted by atomic mass is 35.5. The van der Waals surface area contributed by atoms with Gasteiger partial charge in [-0.25, -0.2) is 0 Å². The van der Waals surface area contributed by atoms with E-state index < -0.39 is 6.10 Å². The van der Waals surface area contributed by atoms with Crippen molar-refractivity contribution in [1.29, 1.82) is 0 Å². The van der Waals surface area contributed by atoms with Gasteiger partial charge in [0.1, 0.15) is 6.10 Å². The smallest absolute Gasteiger partial charge is 0.110 e. The Bertz CT molecular complexity index is 399. The van der Waals surface area contributed by atoms with Crippen molar-refractivity contribution in [3.05, 3.63) is 34.9 Å². The molecule has 0 bridgehead atoms. The van der Waals surface area contributed by atoms with Gasteiger partial charge >= 0.3 is 0 Å². The Kier molecular flexibility index (Phi) is 5.60. The third kappa shape index (κ3) is 4.16. The zero-order valence-corrected chi connectivity index (χ0v) is 11.7. The Morgan fingerprint density at radius 1 is 1.32 bits per heavy atom. The maximum Gasteiger partial charge on any atom is 0.110 e. The fourth-order valence-electron chi connectivity index (χ4n) is 2.04. The Hall–Kier alpha value is -0.650. The molecule has 19 heavy (non-hydrogen) atoms. The van der Waals surface area contributed by atoms with Crippen LogP contribution in [0, 0.1) is 0 Å². The molecule has 0 heterocycles. The summed E-state index contributed by atoms with van der Waals surface area (Å²) >= 11 is 5.91. The molecule has 5 heteroatoms. The van der Waals surface area contributed by atoms with Crippen LogP contribution in [0.3, 0.4) is 0 Å². The van der Waals surface area contributed by atoms with Gasteiger partial charge < -0.3 is 19.3 Å². The van der Waals surface area contributed by atoms with Crippen LogP contribution in [0.5, 0.6) is 0 Å². The fourth-order valence-corrected chi connectivity index (χ4v) is 2.25. The van der Waals surface area contributed by atoms with Gasteiger partial charge in [0.2, 0.25) is 0 Å². The van der Waals surface area contributed by atoms with Crippen molar-refractivity contribution in [1.82, 2.24) is 0 Å². The van der Waals surface area contributed by atoms with E-state index in [0.29, 0.717) is 31.3 Å². The molecule has 0 radical (unpaired) electrons. The molecule has 0 amide bonds. The zero-order valence-electron chi connectivity index (χ0n) is 10.9. The highest BCUT2D eigenvalue weighted by Gasteiger charge is 2.41. The van der Waals surface area contributed by atoms with E-state index in [4.69, 9.17) is 25.8 Å². The Morgan fingerprint density at radius 2 is 2.16 bits per heavy atom. The number of methoxy groups -OCH3 is 1. The predicted molar refractivity (Wildman–Crippen MR) is 72.3 cm³/mol. The highest BCUT2D eigenvalue weighted by Crippen LogP contribution is 2.28. The van der Waals surface area contributed by atoms with Gasteiger partial charge in [-0.1, -0.05) is 23.7 Å². The Morgan fingerprint density at radius 3 is 2.84 bits per heavy atom. The van der Waals surface area contributed by atoms with E-state index in [2.05, 4.69) is 0 Å². The molecular weight excluding hydrogens is 268 g/mol. The second-order valence-corrected chi connectivity index (χ2v) is 5.05. The van der Waals surface area contributed by atoms with Crippen molar-refractivity contribution < 1.29 is 19.3 Å². The van der Waals surface area contributed by atoms with Crippen molar-refractivity contribution in [2.75, 3.05) is 20.3 Å². The van der Waals surface area contributed by atoms with Gasteiger partial charge in [0.15, 0.2) is 0 Å². The second kappa shape index (κ2) is 7.22. The number of rotatable bonds is 7. The minimum absolute atomic E-state index is 0.0640. The molecular formula is C14H19ClO4. The van der Waals surface area contributed by atoms with Gasteiger partial charge in [-0.3, -0.25) is 0 Å². The number of hydrogen-bond donors (Lipinski definition) is 1. The van der Waals surface area contributed by atoms with Gasteiger partial charge in [-0.15, -0.1) is 0 Å². The lowest BCUT2D eigenvalue weighted by atomic mass is 9.88. The average molecular weight is 287 g/mol. The van der Waals surface area contributed by atoms with Gasteiger partial charge in [0.25, 0.3) is 0 Å². The van der Waals surface area contributed by atoms with Crippen LogP contribution in [0.15, 0.2) is 24.3 Å². The number of ether oxygens (including phenoxy) is 3. The van der Waals surface area contributed by atoms with E-state index in [9.17, 15) is 5.11 Å². The van der Waals surface area contributed by atoms with E-state index in [1.807, 2.05) is 24.3 Å². The fraction of sp³-hybridized carbons (Fsp3) is 0.571. The van der Waals surface area contributed by atoms with Gasteiger partial charge in [-0.2, -0.15) is 0 Å². The van der Waals surface area contributed by atoms with Gasteiger partial charge in [0.05, 0.1) is 32.0 Å². The molecule has 1 aromatic carbocycles. The first-order chi connectivity index (χ1) is 9.20. The second-order valence-electron chi connectivity index (χ2n) is 4.61. The van der Waals surface area contributed by atoms with E-state index in [1.54, 1.807) is 7.11 Å². The SMILES string of the molecule is COCCOC1C(O)CC1OCc1cccc(Cl)c1. The van der Waals surface area contributed by atoms with Crippen molar-refractivity contribution in [3.8, 4) is 0 Å². The predicted octanol–water partition coefficient (Wildman–Crippen LogP) is 2.02. The van der Waals surface area contributed by atoms with Crippen molar-refractivity contribution in [2.45, 2.75) is 31.3 Å². The number of hydrogen-bond acceptors (Lipinski definition) is 4. The average Bonchev–Trinajstić information content (AvgIpc) is 2.39. The number of benzene rings is 1. The first kappa shape index (κ1) is 14.8. The third-order valence-electron chi connectivity index (χ3n) is 3.17. The summed E-state index contributed by atoms with van der Waals surface area (Å²) in [6.45, 7) is 1.46. The molecule has 1 N–H and O–H groups in total. The molecule has 1 saturated carbocycles. The minimum Gasteiger partial charge on any atom is -0.390 e. The lowest BCUT2D eigenvalue weighted by molar-refractivity contribution is -0.199. The van der Waals surface area contributed by atoms with Crippen LogP contribution in [-0.2, 0) is 20.8 Å². The summed E-state index contributed by atoms with van der Waals surface area (Å²) in [6.07, 6.45) is -0.153. The van der Waals surface area contributed by atoms with Crippen LogP contribution in [0.2, 0.25) is 5.02 Å². The van der Waals surface area contributed by atoms with E-state index >= 15 is 0 Å². The zero-order chi connectivity index (χ0) is 13.7. The largest absolute Gasteiger partial charge is 0.390 e. The first-order valence-corrected chi connectivity index (χ1v) is 6.73. The van der Waals surface area contributed by atoms with E-state index in [-0.39, 0.29) is 12.2 Å². The Balaban J connectivity index is 1.76. The monoisotopic (exact) mass is 286 g/mol. The molecule has 0 spiro atoms. The van der Waals surface area contributed by atoms with Crippen LogP contribution in [0.4, 0.5) is 0 Å². The Labute approximate surface area is 118 Å². The molecule has 0 aliphatic heterocycles. The summed E-state index contributed by atoms with van der Waals surface area (Å²) in [6, 6.07) is 7.55. The third-order valence-corrected chi connectivity index (χ3v) is 3.41. The van der Waals surface area contributed by atoms with E-state index in [0.717, 1.165) is 5.56 Å². The van der Waals surface area contributed by atoms with Crippen molar-refractivity contribution in [2.24, 2.45) is 0 Å². The first-order valence-electron chi connectivity index (χ1n) is 6.35. The van der Waals surface area contributed by atoms with Crippen LogP contribution in [-0.4, -0.2) is 43.7 Å². The number of aliphatic hydroxyl groups is 1. The summed E-state index contributed by atoms with van der Waals surface area (Å²) < 4.78 is 16.2. The number of halogens is 1. The topological polar surface area (TPSA) is 47.9 Å². The summed E-state index contributed by atoms with van der Waals surface area (Å²) in [5.74, 6) is 0. The number of aliphatic hydroxyl groups excluding tert-OH is 1. The van der Waals surface area contributed by atoms with Crippen LogP contribution in [0.25, 0.3) is 0 Å². The quantitative estimate of drug-likeness (QED) is 0.779. The standard InChI is InChI=1S/C14H19ClO4/c1-17-5-6-18-14-12(16)8-13(14)19-9-10-3-2-4-11(15)7-10/h2-4,7,12-14,16H,5-6,8-9H2,1H3. The molecule has 0 saturated heterocycles. The minimum atomic E-state index is -0.443. The summed E-state index contributed by atoms with van der Waals surface area (Å²) in [5.41, 5.74) is 1.02. The molecule has 3 unspecified atom stereocenters. The van der Waals surface area contributed by atoms with Crippen molar-refractivity contribution in [3.63, 3.8) is 0 Å². The maximum atomic E-state index is 9.65. The van der Waals surface area contributed by atoms with Crippen LogP contribution in [0.1, 0.15) is 12.0 Å². The molecule has 0 aromatic heterocycles. The summed E-state index contributed by atoms with van der Waals surface area (Å²) in [4.78, 5) is 0. The van der Waals surface area contributed by atoms with E-state index in [1.165, 1.54) is 0 Å². The van der Waals surface area contributed by atoms with Crippen molar-refractivity contribution >= 4 is 11.6 Å². The maximum absolute atomic E-state index is 9.65. The molecule has 2 rings (SSSR count). The van der Waals surface area contributed by atoms with Crippen LogP contribution >= 0.6 is 11.6 Å². The molecule has 1 aliphatic rings. The molecule has 4 nitrogen and oxygen atoms in total. The lowest BCUT2D eigenvalue weighted by Gasteiger charge is -2.40. The lowest BCUT2D eigenvalue weighted by Crippen LogP contribution is -2.53. The molecule has 106 valence electrons. The normalized spacial score (nSPS) is 26.2. The molecule has 1 aliphatic carbocycles. The molecule has 3 atom stereocenters. The molecule has 1 fully saturated rings. The van der Waals surface area contributed by atoms with Gasteiger partial charge in [-0.05, 0) is 17.7 Å². The van der Waals surface area contributed by atoms with Gasteiger partial charge in [0, 0.05) is 18.6 Å². The summed E-state index contributed by atoms with van der Waals surface area (Å²) in [5, 5.41) is 10.3. The highest BCUT2D eigenvalue weighted by molar-refractivity contribution is 6.30.